The molecule has 0 atom stereocenters. The molecular formula is C22H23ClN2O. The molecule has 0 saturated heterocycles. The SMILES string of the molecule is CCc1ccc(-c2ccc(Cl)cc2)cc1-c1c(CC)c(C)nn(C)c1=O. The second kappa shape index (κ2) is 7.46. The van der Waals surface area contributed by atoms with Gasteiger partial charge in [-0.05, 0) is 65.8 Å². The molecule has 134 valence electrons. The molecule has 4 heteroatoms. The van der Waals surface area contributed by atoms with E-state index in [-0.39, 0.29) is 5.56 Å². The number of aryl methyl sites for hydroxylation is 3. The smallest absolute Gasteiger partial charge is 0.267 e. The van der Waals surface area contributed by atoms with Crippen molar-refractivity contribution in [3.8, 4) is 22.3 Å². The van der Waals surface area contributed by atoms with Crippen molar-refractivity contribution in [1.82, 2.24) is 9.78 Å². The van der Waals surface area contributed by atoms with Crippen molar-refractivity contribution in [2.75, 3.05) is 0 Å². The highest BCUT2D eigenvalue weighted by Crippen LogP contribution is 2.31. The maximum Gasteiger partial charge on any atom is 0.274 e. The van der Waals surface area contributed by atoms with Crippen LogP contribution in [0.5, 0.6) is 0 Å². The van der Waals surface area contributed by atoms with Crippen molar-refractivity contribution in [2.24, 2.45) is 7.05 Å². The Morgan fingerprint density at radius 3 is 2.27 bits per heavy atom. The molecule has 0 bridgehead atoms. The molecule has 0 aliphatic rings. The van der Waals surface area contributed by atoms with Gasteiger partial charge in [0.05, 0.1) is 11.3 Å². The molecule has 3 rings (SSSR count). The molecule has 0 saturated carbocycles. The van der Waals surface area contributed by atoms with Gasteiger partial charge in [-0.2, -0.15) is 5.10 Å². The Hall–Kier alpha value is -2.39. The van der Waals surface area contributed by atoms with Crippen LogP contribution in [0.15, 0.2) is 47.3 Å². The summed E-state index contributed by atoms with van der Waals surface area (Å²) >= 11 is 6.02. The zero-order valence-electron chi connectivity index (χ0n) is 15.6. The Morgan fingerprint density at radius 1 is 1.00 bits per heavy atom. The maximum atomic E-state index is 12.9. The molecule has 0 spiro atoms. The van der Waals surface area contributed by atoms with Gasteiger partial charge in [0.25, 0.3) is 5.56 Å². The van der Waals surface area contributed by atoms with Gasteiger partial charge in [0.2, 0.25) is 0 Å². The third-order valence-electron chi connectivity index (χ3n) is 4.84. The Labute approximate surface area is 159 Å². The van der Waals surface area contributed by atoms with Crippen molar-refractivity contribution < 1.29 is 0 Å². The molecule has 1 heterocycles. The first-order chi connectivity index (χ1) is 12.5. The van der Waals surface area contributed by atoms with Crippen LogP contribution in [0, 0.1) is 6.92 Å². The molecule has 2 aromatic carbocycles. The molecule has 26 heavy (non-hydrogen) atoms. The lowest BCUT2D eigenvalue weighted by Gasteiger charge is -2.16. The molecule has 0 fully saturated rings. The van der Waals surface area contributed by atoms with Crippen LogP contribution in [-0.2, 0) is 19.9 Å². The summed E-state index contributed by atoms with van der Waals surface area (Å²) in [5.41, 5.74) is 6.99. The first kappa shape index (κ1) is 18.4. The molecule has 0 aliphatic carbocycles. The van der Waals surface area contributed by atoms with E-state index in [4.69, 9.17) is 11.6 Å². The van der Waals surface area contributed by atoms with E-state index in [1.807, 2.05) is 31.2 Å². The molecule has 0 unspecified atom stereocenters. The molecule has 3 nitrogen and oxygen atoms in total. The zero-order valence-corrected chi connectivity index (χ0v) is 16.4. The van der Waals surface area contributed by atoms with Crippen molar-refractivity contribution in [3.63, 3.8) is 0 Å². The van der Waals surface area contributed by atoms with Gasteiger partial charge < -0.3 is 0 Å². The van der Waals surface area contributed by atoms with Crippen molar-refractivity contribution in [1.29, 1.82) is 0 Å². The lowest BCUT2D eigenvalue weighted by atomic mass is 9.90. The van der Waals surface area contributed by atoms with Crippen molar-refractivity contribution in [2.45, 2.75) is 33.6 Å². The van der Waals surface area contributed by atoms with Crippen LogP contribution in [-0.4, -0.2) is 9.78 Å². The number of hydrogen-bond acceptors (Lipinski definition) is 2. The van der Waals surface area contributed by atoms with E-state index in [1.54, 1.807) is 7.05 Å². The Balaban J connectivity index is 2.30. The average molecular weight is 367 g/mol. The molecule has 3 aromatic rings. The largest absolute Gasteiger partial charge is 0.274 e. The van der Waals surface area contributed by atoms with Crippen molar-refractivity contribution in [3.05, 3.63) is 74.7 Å². The summed E-state index contributed by atoms with van der Waals surface area (Å²) in [6, 6.07) is 14.1. The lowest BCUT2D eigenvalue weighted by Crippen LogP contribution is -2.25. The van der Waals surface area contributed by atoms with E-state index >= 15 is 0 Å². The zero-order chi connectivity index (χ0) is 18.8. The standard InChI is InChI=1S/C22H23ClN2O/c1-5-15-7-8-17(16-9-11-18(23)12-10-16)13-20(15)21-19(6-2)14(3)24-25(4)22(21)26/h7-13H,5-6H2,1-4H3. The Kier molecular flexibility index (Phi) is 5.28. The first-order valence-corrected chi connectivity index (χ1v) is 9.30. The monoisotopic (exact) mass is 366 g/mol. The normalized spacial score (nSPS) is 11.0. The molecular weight excluding hydrogens is 344 g/mol. The van der Waals surface area contributed by atoms with Gasteiger partial charge in [0.1, 0.15) is 0 Å². The van der Waals surface area contributed by atoms with E-state index in [2.05, 4.69) is 37.1 Å². The minimum absolute atomic E-state index is 0.0459. The fourth-order valence-electron chi connectivity index (χ4n) is 3.45. The molecule has 1 aromatic heterocycles. The minimum atomic E-state index is -0.0459. The fraction of sp³-hybridized carbons (Fsp3) is 0.273. The number of nitrogens with zero attached hydrogens (tertiary/aromatic N) is 2. The number of hydrogen-bond donors (Lipinski definition) is 0. The number of rotatable bonds is 4. The molecule has 0 aliphatic heterocycles. The third kappa shape index (κ3) is 3.32. The number of halogens is 1. The Bertz CT molecular complexity index is 1000. The summed E-state index contributed by atoms with van der Waals surface area (Å²) in [4.78, 5) is 12.9. The fourth-order valence-corrected chi connectivity index (χ4v) is 3.58. The van der Waals surface area contributed by atoms with Crippen LogP contribution in [0.2, 0.25) is 5.02 Å². The van der Waals surface area contributed by atoms with Crippen LogP contribution in [0.4, 0.5) is 0 Å². The van der Waals surface area contributed by atoms with E-state index < -0.39 is 0 Å². The summed E-state index contributed by atoms with van der Waals surface area (Å²) in [5.74, 6) is 0. The Morgan fingerprint density at radius 2 is 1.65 bits per heavy atom. The maximum absolute atomic E-state index is 12.9. The van der Waals surface area contributed by atoms with Crippen LogP contribution in [0.3, 0.4) is 0 Å². The van der Waals surface area contributed by atoms with E-state index in [0.717, 1.165) is 46.4 Å². The first-order valence-electron chi connectivity index (χ1n) is 8.92. The highest BCUT2D eigenvalue weighted by Gasteiger charge is 2.17. The van der Waals surface area contributed by atoms with Crippen LogP contribution >= 0.6 is 11.6 Å². The lowest BCUT2D eigenvalue weighted by molar-refractivity contribution is 0.686. The summed E-state index contributed by atoms with van der Waals surface area (Å²) < 4.78 is 1.44. The van der Waals surface area contributed by atoms with Gasteiger partial charge in [0.15, 0.2) is 0 Å². The number of aromatic nitrogens is 2. The van der Waals surface area contributed by atoms with E-state index in [0.29, 0.717) is 5.02 Å². The van der Waals surface area contributed by atoms with Crippen LogP contribution in [0.1, 0.15) is 30.7 Å². The highest BCUT2D eigenvalue weighted by molar-refractivity contribution is 6.30. The summed E-state index contributed by atoms with van der Waals surface area (Å²) in [7, 11) is 1.72. The van der Waals surface area contributed by atoms with E-state index in [9.17, 15) is 4.79 Å². The summed E-state index contributed by atoms with van der Waals surface area (Å²) in [6.07, 6.45) is 1.64. The predicted octanol–water partition coefficient (Wildman–Crippen LogP) is 5.20. The molecule has 0 amide bonds. The average Bonchev–Trinajstić information content (AvgIpc) is 2.64. The van der Waals surface area contributed by atoms with Crippen LogP contribution < -0.4 is 5.56 Å². The minimum Gasteiger partial charge on any atom is -0.267 e. The van der Waals surface area contributed by atoms with Gasteiger partial charge in [-0.15, -0.1) is 0 Å². The van der Waals surface area contributed by atoms with Gasteiger partial charge in [-0.1, -0.05) is 49.7 Å². The highest BCUT2D eigenvalue weighted by atomic mass is 35.5. The van der Waals surface area contributed by atoms with Gasteiger partial charge in [-0.3, -0.25) is 4.79 Å². The molecule has 0 N–H and O–H groups in total. The third-order valence-corrected chi connectivity index (χ3v) is 5.09. The molecule has 0 radical (unpaired) electrons. The number of benzene rings is 2. The quantitative estimate of drug-likeness (QED) is 0.636. The van der Waals surface area contributed by atoms with Gasteiger partial charge in [-0.25, -0.2) is 4.68 Å². The van der Waals surface area contributed by atoms with E-state index in [1.165, 1.54) is 10.2 Å². The second-order valence-corrected chi connectivity index (χ2v) is 6.89. The summed E-state index contributed by atoms with van der Waals surface area (Å²) in [5, 5.41) is 5.08. The van der Waals surface area contributed by atoms with Crippen LogP contribution in [0.25, 0.3) is 22.3 Å². The summed E-state index contributed by atoms with van der Waals surface area (Å²) in [6.45, 7) is 6.16. The van der Waals surface area contributed by atoms with Gasteiger partial charge >= 0.3 is 0 Å². The second-order valence-electron chi connectivity index (χ2n) is 6.45. The van der Waals surface area contributed by atoms with Crippen molar-refractivity contribution >= 4 is 11.6 Å². The topological polar surface area (TPSA) is 34.9 Å². The predicted molar refractivity (Wildman–Crippen MR) is 109 cm³/mol. The van der Waals surface area contributed by atoms with Gasteiger partial charge in [0, 0.05) is 12.1 Å².